The number of benzene rings is 1. The topological polar surface area (TPSA) is 66.5 Å². The fourth-order valence-electron chi connectivity index (χ4n) is 1.75. The molecular weight excluding hydrogens is 321 g/mol. The zero-order chi connectivity index (χ0) is 16.9. The summed E-state index contributed by atoms with van der Waals surface area (Å²) < 4.78 is 63.2. The van der Waals surface area contributed by atoms with Crippen molar-refractivity contribution in [3.8, 4) is 0 Å². The van der Waals surface area contributed by atoms with Gasteiger partial charge in [-0.15, -0.1) is 0 Å². The molecule has 0 aliphatic heterocycles. The molecule has 22 heavy (non-hydrogen) atoms. The Labute approximate surface area is 127 Å². The average Bonchev–Trinajstić information content (AvgIpc) is 2.43. The third-order valence-corrected chi connectivity index (χ3v) is 4.14. The summed E-state index contributed by atoms with van der Waals surface area (Å²) >= 11 is 0. The third-order valence-electron chi connectivity index (χ3n) is 2.84. The standard InChI is InChI=1S/C13H17F3N2O3S/c1-3-7-18(22(2,20)21)8-6-11(19)17-10-5-4-9(14)12(15)13(10)16/h4-5H,3,6-8H2,1-2H3,(H,17,19). The van der Waals surface area contributed by atoms with Crippen LogP contribution in [0.25, 0.3) is 0 Å². The van der Waals surface area contributed by atoms with Crippen molar-refractivity contribution in [3.63, 3.8) is 0 Å². The van der Waals surface area contributed by atoms with Crippen molar-refractivity contribution in [1.82, 2.24) is 4.31 Å². The number of hydrogen-bond donors (Lipinski definition) is 1. The van der Waals surface area contributed by atoms with E-state index >= 15 is 0 Å². The Morgan fingerprint density at radius 1 is 1.18 bits per heavy atom. The molecule has 0 aromatic heterocycles. The Hall–Kier alpha value is -1.61. The quantitative estimate of drug-likeness (QED) is 0.774. The van der Waals surface area contributed by atoms with E-state index in [1.165, 1.54) is 0 Å². The van der Waals surface area contributed by atoms with Crippen LogP contribution in [0, 0.1) is 17.5 Å². The molecule has 0 atom stereocenters. The van der Waals surface area contributed by atoms with Crippen LogP contribution in [0.5, 0.6) is 0 Å². The first-order valence-corrected chi connectivity index (χ1v) is 8.40. The minimum absolute atomic E-state index is 0.0796. The lowest BCUT2D eigenvalue weighted by molar-refractivity contribution is -0.116. The second kappa shape index (κ2) is 7.59. The molecule has 0 aliphatic carbocycles. The van der Waals surface area contributed by atoms with Crippen molar-refractivity contribution in [1.29, 1.82) is 0 Å². The van der Waals surface area contributed by atoms with E-state index in [0.29, 0.717) is 12.5 Å². The monoisotopic (exact) mass is 338 g/mol. The van der Waals surface area contributed by atoms with E-state index in [1.807, 2.05) is 0 Å². The summed E-state index contributed by atoms with van der Waals surface area (Å²) in [6.45, 7) is 1.96. The molecule has 0 saturated carbocycles. The van der Waals surface area contributed by atoms with Gasteiger partial charge in [0.1, 0.15) is 0 Å². The highest BCUT2D eigenvalue weighted by molar-refractivity contribution is 7.88. The molecule has 0 radical (unpaired) electrons. The maximum Gasteiger partial charge on any atom is 0.225 e. The molecule has 5 nitrogen and oxygen atoms in total. The summed E-state index contributed by atoms with van der Waals surface area (Å²) in [5, 5.41) is 2.09. The van der Waals surface area contributed by atoms with Crippen LogP contribution >= 0.6 is 0 Å². The van der Waals surface area contributed by atoms with Crippen molar-refractivity contribution >= 4 is 21.6 Å². The van der Waals surface area contributed by atoms with Crippen LogP contribution in [0.1, 0.15) is 19.8 Å². The molecule has 1 amide bonds. The largest absolute Gasteiger partial charge is 0.323 e. The summed E-state index contributed by atoms with van der Waals surface area (Å²) in [4.78, 5) is 11.7. The van der Waals surface area contributed by atoms with Gasteiger partial charge in [-0.2, -0.15) is 0 Å². The maximum absolute atomic E-state index is 13.4. The van der Waals surface area contributed by atoms with Crippen molar-refractivity contribution in [2.24, 2.45) is 0 Å². The van der Waals surface area contributed by atoms with Gasteiger partial charge >= 0.3 is 0 Å². The van der Waals surface area contributed by atoms with Crippen molar-refractivity contribution < 1.29 is 26.4 Å². The molecule has 0 fully saturated rings. The Morgan fingerprint density at radius 2 is 1.82 bits per heavy atom. The fraction of sp³-hybridized carbons (Fsp3) is 0.462. The zero-order valence-corrected chi connectivity index (χ0v) is 13.0. The molecule has 0 unspecified atom stereocenters. The van der Waals surface area contributed by atoms with Crippen LogP contribution in [0.15, 0.2) is 12.1 Å². The van der Waals surface area contributed by atoms with E-state index < -0.39 is 39.1 Å². The smallest absolute Gasteiger partial charge is 0.225 e. The highest BCUT2D eigenvalue weighted by Crippen LogP contribution is 2.19. The first-order valence-electron chi connectivity index (χ1n) is 6.55. The first-order chi connectivity index (χ1) is 10.2. The number of carbonyl (C=O) groups is 1. The molecule has 1 aromatic carbocycles. The number of carbonyl (C=O) groups excluding carboxylic acids is 1. The molecule has 9 heteroatoms. The minimum Gasteiger partial charge on any atom is -0.323 e. The highest BCUT2D eigenvalue weighted by Gasteiger charge is 2.18. The number of halogens is 3. The van der Waals surface area contributed by atoms with Crippen LogP contribution in [-0.4, -0.2) is 38.0 Å². The first kappa shape index (κ1) is 18.4. The SMILES string of the molecule is CCCN(CCC(=O)Nc1ccc(F)c(F)c1F)S(C)(=O)=O. The van der Waals surface area contributed by atoms with Crippen LogP contribution in [0.4, 0.5) is 18.9 Å². The number of nitrogens with one attached hydrogen (secondary N) is 1. The van der Waals surface area contributed by atoms with E-state index in [4.69, 9.17) is 0 Å². The summed E-state index contributed by atoms with van der Waals surface area (Å²) in [6, 6.07) is 1.58. The molecule has 0 bridgehead atoms. The van der Waals surface area contributed by atoms with Gasteiger partial charge in [-0.1, -0.05) is 6.92 Å². The predicted octanol–water partition coefficient (Wildman–Crippen LogP) is 2.10. The summed E-state index contributed by atoms with van der Waals surface area (Å²) in [7, 11) is -3.45. The molecule has 0 heterocycles. The lowest BCUT2D eigenvalue weighted by atomic mass is 10.2. The predicted molar refractivity (Wildman–Crippen MR) is 76.3 cm³/mol. The van der Waals surface area contributed by atoms with Crippen molar-refractivity contribution in [2.45, 2.75) is 19.8 Å². The van der Waals surface area contributed by atoms with Gasteiger partial charge in [0.25, 0.3) is 0 Å². The van der Waals surface area contributed by atoms with Gasteiger partial charge in [-0.25, -0.2) is 25.9 Å². The van der Waals surface area contributed by atoms with E-state index in [9.17, 15) is 26.4 Å². The molecule has 0 saturated heterocycles. The highest BCUT2D eigenvalue weighted by atomic mass is 32.2. The summed E-state index contributed by atoms with van der Waals surface area (Å²) in [5.74, 6) is -5.24. The molecular formula is C13H17F3N2O3S. The molecule has 124 valence electrons. The molecule has 0 spiro atoms. The number of hydrogen-bond acceptors (Lipinski definition) is 3. The number of anilines is 1. The normalized spacial score (nSPS) is 11.7. The van der Waals surface area contributed by atoms with E-state index in [2.05, 4.69) is 5.32 Å². The van der Waals surface area contributed by atoms with Crippen LogP contribution < -0.4 is 5.32 Å². The van der Waals surface area contributed by atoms with Crippen molar-refractivity contribution in [3.05, 3.63) is 29.6 Å². The zero-order valence-electron chi connectivity index (χ0n) is 12.2. The Morgan fingerprint density at radius 3 is 2.36 bits per heavy atom. The maximum atomic E-state index is 13.4. The molecule has 1 N–H and O–H groups in total. The Balaban J connectivity index is 2.69. The molecule has 1 rings (SSSR count). The molecule has 1 aromatic rings. The van der Waals surface area contributed by atoms with Gasteiger partial charge in [0.15, 0.2) is 17.5 Å². The number of nitrogens with zero attached hydrogens (tertiary/aromatic N) is 1. The minimum atomic E-state index is -3.45. The Bertz CT molecular complexity index is 650. The summed E-state index contributed by atoms with van der Waals surface area (Å²) in [6.07, 6.45) is 1.37. The third kappa shape index (κ3) is 4.99. The average molecular weight is 338 g/mol. The number of sulfonamides is 1. The second-order valence-corrected chi connectivity index (χ2v) is 6.67. The van der Waals surface area contributed by atoms with Crippen molar-refractivity contribution in [2.75, 3.05) is 24.7 Å². The van der Waals surface area contributed by atoms with E-state index in [1.54, 1.807) is 6.92 Å². The van der Waals surface area contributed by atoms with Gasteiger partial charge in [0.2, 0.25) is 15.9 Å². The van der Waals surface area contributed by atoms with Crippen LogP contribution in [0.3, 0.4) is 0 Å². The van der Waals surface area contributed by atoms with Gasteiger partial charge < -0.3 is 5.32 Å². The fourth-order valence-corrected chi connectivity index (χ4v) is 2.69. The van der Waals surface area contributed by atoms with Gasteiger partial charge in [0, 0.05) is 19.5 Å². The van der Waals surface area contributed by atoms with E-state index in [0.717, 1.165) is 16.6 Å². The lowest BCUT2D eigenvalue weighted by Gasteiger charge is -2.18. The van der Waals surface area contributed by atoms with Gasteiger partial charge in [0.05, 0.1) is 11.9 Å². The summed E-state index contributed by atoms with van der Waals surface area (Å²) in [5.41, 5.74) is -0.495. The van der Waals surface area contributed by atoms with Crippen LogP contribution in [-0.2, 0) is 14.8 Å². The van der Waals surface area contributed by atoms with Gasteiger partial charge in [-0.3, -0.25) is 4.79 Å². The number of rotatable bonds is 7. The van der Waals surface area contributed by atoms with Crippen LogP contribution in [0.2, 0.25) is 0 Å². The second-order valence-electron chi connectivity index (χ2n) is 4.68. The van der Waals surface area contributed by atoms with Gasteiger partial charge in [-0.05, 0) is 18.6 Å². The lowest BCUT2D eigenvalue weighted by Crippen LogP contribution is -2.33. The Kier molecular flexibility index (Phi) is 6.36. The van der Waals surface area contributed by atoms with E-state index in [-0.39, 0.29) is 19.5 Å². The number of amides is 1. The molecule has 0 aliphatic rings.